The maximum atomic E-state index is 6.18. The summed E-state index contributed by atoms with van der Waals surface area (Å²) in [6, 6.07) is 37.7. The Balaban J connectivity index is 0.952. The van der Waals surface area contributed by atoms with Gasteiger partial charge in [-0.3, -0.25) is 9.97 Å². The molecule has 7 aromatic rings. The van der Waals surface area contributed by atoms with E-state index in [0.717, 1.165) is 150 Å². The van der Waals surface area contributed by atoms with Gasteiger partial charge < -0.3 is 28.4 Å². The molecule has 0 saturated carbocycles. The van der Waals surface area contributed by atoms with Crippen LogP contribution in [-0.4, -0.2) is 54.0 Å². The number of ether oxygens (including phenoxy) is 6. The highest BCUT2D eigenvalue weighted by Crippen LogP contribution is 2.26. The maximum absolute atomic E-state index is 6.18. The van der Waals surface area contributed by atoms with E-state index >= 15 is 0 Å². The molecule has 0 N–H and O–H groups in total. The van der Waals surface area contributed by atoms with Gasteiger partial charge in [0, 0.05) is 88.9 Å². The summed E-state index contributed by atoms with van der Waals surface area (Å²) in [4.78, 5) is 14.7. The second-order valence-corrected chi connectivity index (χ2v) is 21.6. The molecule has 0 bridgehead atoms. The van der Waals surface area contributed by atoms with Gasteiger partial charge in [0.25, 0.3) is 0 Å². The number of nitrogens with zero attached hydrogens (tertiary/aromatic N) is 3. The predicted molar refractivity (Wildman–Crippen MR) is 341 cm³/mol. The van der Waals surface area contributed by atoms with E-state index in [1.165, 1.54) is 25.7 Å². The Morgan fingerprint density at radius 2 is 0.907 bits per heavy atom. The number of hydrogen-bond acceptors (Lipinski definition) is 9. The molecule has 0 radical (unpaired) electrons. The lowest BCUT2D eigenvalue weighted by Gasteiger charge is -2.22. The van der Waals surface area contributed by atoms with Crippen molar-refractivity contribution in [2.24, 2.45) is 0 Å². The molecule has 0 aliphatic carbocycles. The molecule has 0 spiro atoms. The number of benzene rings is 4. The fourth-order valence-electron chi connectivity index (χ4n) is 10.00. The van der Waals surface area contributed by atoms with Gasteiger partial charge in [0.05, 0.1) is 49.1 Å². The smallest absolute Gasteiger partial charge is 0.158 e. The summed E-state index contributed by atoms with van der Waals surface area (Å²) >= 11 is 0. The van der Waals surface area contributed by atoms with Crippen LogP contribution in [0, 0.1) is 72.1 Å². The summed E-state index contributed by atoms with van der Waals surface area (Å²) in [6.45, 7) is 8.94. The second-order valence-electron chi connectivity index (χ2n) is 21.6. The number of aromatic nitrogens is 3. The Hall–Kier alpha value is -8.55. The number of unbranched alkanes of at least 4 members (excludes halogenated alkanes) is 6. The van der Waals surface area contributed by atoms with Gasteiger partial charge in [-0.25, -0.2) is 4.98 Å². The Bertz CT molecular complexity index is 3720. The summed E-state index contributed by atoms with van der Waals surface area (Å²) in [7, 11) is 0. The molecule has 5 heterocycles. The molecule has 2 aliphatic heterocycles. The molecule has 3 aromatic heterocycles. The Morgan fingerprint density at radius 1 is 0.442 bits per heavy atom. The Morgan fingerprint density at radius 3 is 1.35 bits per heavy atom. The lowest BCUT2D eigenvalue weighted by molar-refractivity contribution is -0.169. The normalized spacial score (nSPS) is 14.4. The molecule has 9 nitrogen and oxygen atoms in total. The SMILES string of the molecule is C#Cc1cc(C#Cc2cc(C#Cc3ccc(-c4ccc(C#Cc5cc(C#Cc6cc(C#C)cc(COC7CCCCO7)c6)cc(COCCCCCC)c5)c(-c5ccccn5)n4)nc3)cc(COCCCCCC)c2)cc(COC2CCCCO2)c1. The van der Waals surface area contributed by atoms with Crippen molar-refractivity contribution in [3.63, 3.8) is 0 Å². The van der Waals surface area contributed by atoms with Gasteiger partial charge in [0.15, 0.2) is 12.6 Å². The van der Waals surface area contributed by atoms with Crippen molar-refractivity contribution < 1.29 is 28.4 Å². The van der Waals surface area contributed by atoms with Gasteiger partial charge in [0.2, 0.25) is 0 Å². The van der Waals surface area contributed by atoms with E-state index in [1.54, 1.807) is 12.4 Å². The summed E-state index contributed by atoms with van der Waals surface area (Å²) in [5, 5.41) is 0. The van der Waals surface area contributed by atoms with Gasteiger partial charge in [-0.2, -0.15) is 0 Å². The fourth-order valence-corrected chi connectivity index (χ4v) is 10.00. The summed E-state index contributed by atoms with van der Waals surface area (Å²) in [6.07, 6.45) is 30.1. The molecule has 434 valence electrons. The van der Waals surface area contributed by atoms with Crippen molar-refractivity contribution in [3.8, 4) is 94.8 Å². The van der Waals surface area contributed by atoms with Crippen LogP contribution in [0.1, 0.15) is 182 Å². The monoisotopic (exact) mass is 1140 g/mol. The first-order valence-electron chi connectivity index (χ1n) is 30.5. The van der Waals surface area contributed by atoms with Crippen molar-refractivity contribution >= 4 is 0 Å². The van der Waals surface area contributed by atoms with Crippen molar-refractivity contribution in [2.75, 3.05) is 26.4 Å². The van der Waals surface area contributed by atoms with Crippen LogP contribution in [0.15, 0.2) is 128 Å². The average molecular weight is 1140 g/mol. The minimum Gasteiger partial charge on any atom is -0.377 e. The molecule has 2 fully saturated rings. The Labute approximate surface area is 510 Å². The van der Waals surface area contributed by atoms with Crippen molar-refractivity contribution in [3.05, 3.63) is 206 Å². The fraction of sp³-hybridized carbons (Fsp3) is 0.338. The Kier molecular flexibility index (Phi) is 24.4. The molecular weight excluding hydrogens is 1060 g/mol. The first kappa shape index (κ1) is 62.0. The molecule has 4 aromatic carbocycles. The first-order chi connectivity index (χ1) is 42.4. The standard InChI is InChI=1S/C77H75N3O6/c1-5-9-11-17-37-81-54-67-47-63(45-64(48-67)28-26-61-41-58(7-3)43-69(51-61)56-85-75-22-14-19-39-83-75)25-24-60-31-34-72(79-53-60)73-35-33-71(77(80-73)74-21-13-16-36-78-74)32-30-66-46-65(49-68(50-66)55-82-38-18-12-10-6-2)29-27-62-42-59(8-4)44-70(52-62)57-86-76-23-15-20-40-84-76/h3-4,13,16,21,31,33-36,41-53,75-76H,5-6,9-12,14-15,17-20,22-23,37-40,54-57H2,1-2H3. The molecule has 0 amide bonds. The third-order valence-corrected chi connectivity index (χ3v) is 14.5. The molecule has 2 unspecified atom stereocenters. The molecule has 2 atom stereocenters. The highest BCUT2D eigenvalue weighted by molar-refractivity contribution is 5.69. The predicted octanol–water partition coefficient (Wildman–Crippen LogP) is 15.0. The van der Waals surface area contributed by atoms with Crippen LogP contribution < -0.4 is 0 Å². The van der Waals surface area contributed by atoms with Gasteiger partial charge in [-0.1, -0.05) is 118 Å². The topological polar surface area (TPSA) is 94.1 Å². The van der Waals surface area contributed by atoms with E-state index in [0.29, 0.717) is 68.0 Å². The second kappa shape index (κ2) is 33.8. The largest absolute Gasteiger partial charge is 0.377 e. The van der Waals surface area contributed by atoms with Crippen LogP contribution in [0.25, 0.3) is 22.8 Å². The first-order valence-corrected chi connectivity index (χ1v) is 30.5. The van der Waals surface area contributed by atoms with Crippen LogP contribution in [0.5, 0.6) is 0 Å². The summed E-state index contributed by atoms with van der Waals surface area (Å²) in [5.74, 6) is 32.7. The molecule has 86 heavy (non-hydrogen) atoms. The van der Waals surface area contributed by atoms with Crippen LogP contribution in [0.2, 0.25) is 0 Å². The quantitative estimate of drug-likeness (QED) is 0.0486. The number of hydrogen-bond donors (Lipinski definition) is 0. The van der Waals surface area contributed by atoms with Crippen molar-refractivity contribution in [1.82, 2.24) is 15.0 Å². The minimum atomic E-state index is -0.205. The van der Waals surface area contributed by atoms with Crippen LogP contribution in [0.3, 0.4) is 0 Å². The van der Waals surface area contributed by atoms with Gasteiger partial charge in [-0.05, 0) is 183 Å². The van der Waals surface area contributed by atoms with Crippen LogP contribution >= 0.6 is 0 Å². The molecule has 9 heteroatoms. The zero-order valence-corrected chi connectivity index (χ0v) is 49.8. The van der Waals surface area contributed by atoms with E-state index in [-0.39, 0.29) is 12.6 Å². The van der Waals surface area contributed by atoms with E-state index < -0.39 is 0 Å². The van der Waals surface area contributed by atoms with Crippen molar-refractivity contribution in [1.29, 1.82) is 0 Å². The zero-order chi connectivity index (χ0) is 59.4. The molecule has 2 saturated heterocycles. The van der Waals surface area contributed by atoms with E-state index in [4.69, 9.17) is 56.2 Å². The number of rotatable bonds is 22. The third kappa shape index (κ3) is 20.0. The lowest BCUT2D eigenvalue weighted by Crippen LogP contribution is -2.22. The summed E-state index contributed by atoms with van der Waals surface area (Å²) in [5.41, 5.74) is 14.4. The minimum absolute atomic E-state index is 0.199. The third-order valence-electron chi connectivity index (χ3n) is 14.5. The van der Waals surface area contributed by atoms with E-state index in [2.05, 4.69) is 97.3 Å². The highest BCUT2D eigenvalue weighted by atomic mass is 16.7. The molecule has 9 rings (SSSR count). The summed E-state index contributed by atoms with van der Waals surface area (Å²) < 4.78 is 36.1. The number of terminal acetylenes is 2. The zero-order valence-electron chi connectivity index (χ0n) is 49.8. The van der Waals surface area contributed by atoms with E-state index in [1.807, 2.05) is 91.0 Å². The van der Waals surface area contributed by atoms with Gasteiger partial charge in [0.1, 0.15) is 5.69 Å². The van der Waals surface area contributed by atoms with Gasteiger partial charge >= 0.3 is 0 Å². The molecular formula is C77H75N3O6. The van der Waals surface area contributed by atoms with E-state index in [9.17, 15) is 0 Å². The highest BCUT2D eigenvalue weighted by Gasteiger charge is 2.17. The van der Waals surface area contributed by atoms with Gasteiger partial charge in [-0.15, -0.1) is 12.8 Å². The lowest BCUT2D eigenvalue weighted by atomic mass is 10.0. The molecule has 2 aliphatic rings. The number of pyridine rings is 3. The van der Waals surface area contributed by atoms with Crippen LogP contribution in [-0.2, 0) is 54.8 Å². The van der Waals surface area contributed by atoms with Crippen molar-refractivity contribution in [2.45, 2.75) is 143 Å². The maximum Gasteiger partial charge on any atom is 0.158 e. The average Bonchev–Trinajstić information content (AvgIpc) is 3.17. The van der Waals surface area contributed by atoms with Crippen LogP contribution in [0.4, 0.5) is 0 Å².